The van der Waals surface area contributed by atoms with Gasteiger partial charge in [-0.1, -0.05) is 142 Å². The number of carbonyl (C=O) groups excluding carboxylic acids is 1. The van der Waals surface area contributed by atoms with E-state index in [-0.39, 0.29) is 13.0 Å². The molecular formula is C33H66NO9P. The van der Waals surface area contributed by atoms with Crippen molar-refractivity contribution in [3.63, 3.8) is 0 Å². The Morgan fingerprint density at radius 2 is 1.05 bits per heavy atom. The number of hydrogen-bond donors (Lipinski definition) is 3. The van der Waals surface area contributed by atoms with Crippen molar-refractivity contribution in [3.05, 3.63) is 0 Å². The molecule has 4 N–H and O–H groups in total. The second kappa shape index (κ2) is 30.6. The van der Waals surface area contributed by atoms with Gasteiger partial charge in [0, 0.05) is 13.0 Å². The SMILES string of the molecule is CCCCCCCCCCCCCCCCC(=O)OC(COCCCCCCCCCC)COP(=O)(O)OCC(N)C(=O)O. The number of carboxylic acid groups (broad SMARTS) is 1. The molecule has 0 aromatic carbocycles. The summed E-state index contributed by atoms with van der Waals surface area (Å²) in [5.74, 6) is -1.77. The summed E-state index contributed by atoms with van der Waals surface area (Å²) in [6, 6.07) is -1.47. The fourth-order valence-electron chi connectivity index (χ4n) is 4.84. The van der Waals surface area contributed by atoms with Crippen LogP contribution in [0.4, 0.5) is 0 Å². The van der Waals surface area contributed by atoms with Crippen molar-refractivity contribution in [1.82, 2.24) is 0 Å². The third kappa shape index (κ3) is 29.7. The minimum Gasteiger partial charge on any atom is -0.480 e. The third-order valence-electron chi connectivity index (χ3n) is 7.64. The van der Waals surface area contributed by atoms with Gasteiger partial charge in [0.2, 0.25) is 0 Å². The van der Waals surface area contributed by atoms with Gasteiger partial charge in [-0.3, -0.25) is 18.6 Å². The molecule has 0 heterocycles. The summed E-state index contributed by atoms with van der Waals surface area (Å²) >= 11 is 0. The molecule has 0 aromatic heterocycles. The van der Waals surface area contributed by atoms with Gasteiger partial charge >= 0.3 is 19.8 Å². The van der Waals surface area contributed by atoms with E-state index in [9.17, 15) is 19.0 Å². The standard InChI is InChI=1S/C33H66NO9P/c1-3-5-7-9-11-13-14-15-16-17-18-19-21-23-25-32(35)43-30(27-40-26-24-22-20-12-10-8-6-4-2)28-41-44(38,39)42-29-31(34)33(36)37/h30-31H,3-29,34H2,1-2H3,(H,36,37)(H,38,39). The Morgan fingerprint density at radius 1 is 0.636 bits per heavy atom. The zero-order valence-corrected chi connectivity index (χ0v) is 28.9. The number of ether oxygens (including phenoxy) is 2. The number of phosphoric acid groups is 1. The Bertz CT molecular complexity index is 725. The Balaban J connectivity index is 4.27. The molecule has 44 heavy (non-hydrogen) atoms. The number of phosphoric ester groups is 1. The first-order chi connectivity index (χ1) is 21.2. The minimum atomic E-state index is -4.59. The van der Waals surface area contributed by atoms with Crippen LogP contribution in [0.3, 0.4) is 0 Å². The van der Waals surface area contributed by atoms with E-state index in [1.54, 1.807) is 0 Å². The molecule has 0 radical (unpaired) electrons. The third-order valence-corrected chi connectivity index (χ3v) is 8.59. The lowest BCUT2D eigenvalue weighted by molar-refractivity contribution is -0.154. The lowest BCUT2D eigenvalue weighted by Crippen LogP contribution is -2.34. The van der Waals surface area contributed by atoms with Crippen molar-refractivity contribution >= 4 is 19.8 Å². The summed E-state index contributed by atoms with van der Waals surface area (Å²) in [5.41, 5.74) is 5.32. The smallest absolute Gasteiger partial charge is 0.472 e. The molecule has 3 atom stereocenters. The molecule has 10 nitrogen and oxygen atoms in total. The normalized spacial score (nSPS) is 14.3. The molecule has 0 aromatic rings. The number of carbonyl (C=O) groups is 2. The van der Waals surface area contributed by atoms with E-state index in [4.69, 9.17) is 24.8 Å². The van der Waals surface area contributed by atoms with Crippen LogP contribution in [0.2, 0.25) is 0 Å². The van der Waals surface area contributed by atoms with Crippen LogP contribution in [0.25, 0.3) is 0 Å². The molecule has 0 saturated heterocycles. The van der Waals surface area contributed by atoms with Crippen LogP contribution in [-0.4, -0.2) is 60.5 Å². The van der Waals surface area contributed by atoms with E-state index in [0.717, 1.165) is 38.5 Å². The predicted octanol–water partition coefficient (Wildman–Crippen LogP) is 8.47. The van der Waals surface area contributed by atoms with Gasteiger partial charge in [0.25, 0.3) is 0 Å². The van der Waals surface area contributed by atoms with E-state index >= 15 is 0 Å². The maximum Gasteiger partial charge on any atom is 0.472 e. The largest absolute Gasteiger partial charge is 0.480 e. The molecule has 0 bridgehead atoms. The van der Waals surface area contributed by atoms with Crippen LogP contribution in [0.5, 0.6) is 0 Å². The monoisotopic (exact) mass is 651 g/mol. The Morgan fingerprint density at radius 3 is 1.50 bits per heavy atom. The second-order valence-corrected chi connectivity index (χ2v) is 13.5. The molecule has 3 unspecified atom stereocenters. The van der Waals surface area contributed by atoms with E-state index in [1.807, 2.05) is 0 Å². The highest BCUT2D eigenvalue weighted by molar-refractivity contribution is 7.47. The van der Waals surface area contributed by atoms with Gasteiger partial charge in [0.1, 0.15) is 12.1 Å². The van der Waals surface area contributed by atoms with E-state index < -0.39 is 45.1 Å². The second-order valence-electron chi connectivity index (χ2n) is 12.0. The molecule has 0 amide bonds. The van der Waals surface area contributed by atoms with Gasteiger partial charge in [-0.15, -0.1) is 0 Å². The highest BCUT2D eigenvalue weighted by atomic mass is 31.2. The Labute approximate surface area is 268 Å². The highest BCUT2D eigenvalue weighted by Crippen LogP contribution is 2.43. The summed E-state index contributed by atoms with van der Waals surface area (Å²) in [7, 11) is -4.59. The Kier molecular flexibility index (Phi) is 29.9. The molecule has 0 aliphatic heterocycles. The van der Waals surface area contributed by atoms with Crippen molar-refractivity contribution in [1.29, 1.82) is 0 Å². The van der Waals surface area contributed by atoms with Crippen LogP contribution < -0.4 is 5.73 Å². The topological polar surface area (TPSA) is 155 Å². The van der Waals surface area contributed by atoms with Crippen molar-refractivity contribution in [3.8, 4) is 0 Å². The summed E-state index contributed by atoms with van der Waals surface area (Å²) in [5, 5.41) is 8.83. The van der Waals surface area contributed by atoms with E-state index in [1.165, 1.54) is 103 Å². The Hall–Kier alpha value is -1.03. The van der Waals surface area contributed by atoms with Gasteiger partial charge < -0.3 is 25.2 Å². The van der Waals surface area contributed by atoms with Gasteiger partial charge in [-0.25, -0.2) is 4.57 Å². The first-order valence-electron chi connectivity index (χ1n) is 17.6. The minimum absolute atomic E-state index is 0.0234. The maximum absolute atomic E-state index is 12.5. The van der Waals surface area contributed by atoms with Gasteiger partial charge in [0.15, 0.2) is 0 Å². The van der Waals surface area contributed by atoms with Crippen molar-refractivity contribution in [2.45, 2.75) is 174 Å². The number of nitrogens with two attached hydrogens (primary N) is 1. The first kappa shape index (κ1) is 43.0. The van der Waals surface area contributed by atoms with Crippen LogP contribution in [0, 0.1) is 0 Å². The van der Waals surface area contributed by atoms with Crippen molar-refractivity contribution in [2.24, 2.45) is 5.73 Å². The molecule has 0 fully saturated rings. The van der Waals surface area contributed by atoms with Gasteiger partial charge in [-0.05, 0) is 12.8 Å². The molecule has 0 rings (SSSR count). The fourth-order valence-corrected chi connectivity index (χ4v) is 5.62. The van der Waals surface area contributed by atoms with Crippen molar-refractivity contribution in [2.75, 3.05) is 26.4 Å². The first-order valence-corrected chi connectivity index (χ1v) is 19.1. The number of aliphatic carboxylic acids is 1. The molecule has 262 valence electrons. The number of esters is 1. The average molecular weight is 652 g/mol. The lowest BCUT2D eigenvalue weighted by atomic mass is 10.0. The quantitative estimate of drug-likeness (QED) is 0.0350. The number of unbranched alkanes of at least 4 members (excludes halogenated alkanes) is 20. The molecule has 0 aliphatic carbocycles. The number of carboxylic acids is 1. The highest BCUT2D eigenvalue weighted by Gasteiger charge is 2.27. The average Bonchev–Trinajstić information content (AvgIpc) is 2.99. The summed E-state index contributed by atoms with van der Waals surface area (Å²) in [4.78, 5) is 33.2. The number of rotatable bonds is 34. The van der Waals surface area contributed by atoms with Crippen LogP contribution >= 0.6 is 7.82 Å². The summed E-state index contributed by atoms with van der Waals surface area (Å²) in [6.45, 7) is 3.85. The molecular weight excluding hydrogens is 585 g/mol. The van der Waals surface area contributed by atoms with Crippen LogP contribution in [-0.2, 0) is 32.7 Å². The lowest BCUT2D eigenvalue weighted by Gasteiger charge is -2.20. The fraction of sp³-hybridized carbons (Fsp3) is 0.939. The van der Waals surface area contributed by atoms with Crippen molar-refractivity contribution < 1.29 is 42.7 Å². The van der Waals surface area contributed by atoms with Crippen LogP contribution in [0.15, 0.2) is 0 Å². The molecule has 11 heteroatoms. The number of hydrogen-bond acceptors (Lipinski definition) is 8. The maximum atomic E-state index is 12.5. The zero-order chi connectivity index (χ0) is 32.7. The van der Waals surface area contributed by atoms with E-state index in [2.05, 4.69) is 18.4 Å². The van der Waals surface area contributed by atoms with Gasteiger partial charge in [0.05, 0.1) is 19.8 Å². The zero-order valence-electron chi connectivity index (χ0n) is 28.0. The van der Waals surface area contributed by atoms with Crippen LogP contribution in [0.1, 0.15) is 162 Å². The van der Waals surface area contributed by atoms with E-state index in [0.29, 0.717) is 6.61 Å². The summed E-state index contributed by atoms with van der Waals surface area (Å²) < 4.78 is 33.0. The molecule has 0 spiro atoms. The molecule has 0 saturated carbocycles. The molecule has 0 aliphatic rings. The van der Waals surface area contributed by atoms with Gasteiger partial charge in [-0.2, -0.15) is 0 Å². The predicted molar refractivity (Wildman–Crippen MR) is 176 cm³/mol. The summed E-state index contributed by atoms with van der Waals surface area (Å²) in [6.07, 6.45) is 25.9.